The van der Waals surface area contributed by atoms with Crippen molar-refractivity contribution in [1.82, 2.24) is 20.1 Å². The van der Waals surface area contributed by atoms with E-state index in [1.165, 1.54) is 11.8 Å². The normalized spacial score (nSPS) is 17.5. The van der Waals surface area contributed by atoms with Gasteiger partial charge in [-0.3, -0.25) is 4.79 Å². The predicted molar refractivity (Wildman–Crippen MR) is 125 cm³/mol. The van der Waals surface area contributed by atoms with Crippen molar-refractivity contribution < 1.29 is 13.2 Å². The second-order valence-electron chi connectivity index (χ2n) is 8.04. The summed E-state index contributed by atoms with van der Waals surface area (Å²) in [4.78, 5) is 12.8. The maximum atomic E-state index is 12.8. The number of aromatic nitrogens is 3. The van der Waals surface area contributed by atoms with Gasteiger partial charge in [0.25, 0.3) is 0 Å². The van der Waals surface area contributed by atoms with Crippen molar-refractivity contribution in [3.63, 3.8) is 0 Å². The maximum absolute atomic E-state index is 12.8. The van der Waals surface area contributed by atoms with Gasteiger partial charge in [0, 0.05) is 13.5 Å². The SMILES string of the molecule is Cn1c(C[C@@H]2CCS(=O)(=O)C2)nnc1SCC(=O)NC(c1ccccc1)c1ccccc1. The third kappa shape index (κ3) is 5.58. The lowest BCUT2D eigenvalue weighted by Crippen LogP contribution is -2.30. The van der Waals surface area contributed by atoms with E-state index in [1.807, 2.05) is 72.3 Å². The summed E-state index contributed by atoms with van der Waals surface area (Å²) in [5, 5.41) is 12.2. The average molecular weight is 471 g/mol. The fourth-order valence-corrected chi connectivity index (χ4v) is 6.53. The Labute approximate surface area is 192 Å². The van der Waals surface area contributed by atoms with Gasteiger partial charge >= 0.3 is 0 Å². The van der Waals surface area contributed by atoms with Crippen LogP contribution in [-0.2, 0) is 28.1 Å². The van der Waals surface area contributed by atoms with Crippen molar-refractivity contribution in [2.75, 3.05) is 17.3 Å². The van der Waals surface area contributed by atoms with Crippen LogP contribution in [0, 0.1) is 5.92 Å². The van der Waals surface area contributed by atoms with Gasteiger partial charge in [0.15, 0.2) is 15.0 Å². The van der Waals surface area contributed by atoms with Crippen LogP contribution in [0.5, 0.6) is 0 Å². The Hall–Kier alpha value is -2.65. The first-order chi connectivity index (χ1) is 15.4. The molecule has 1 atom stereocenters. The highest BCUT2D eigenvalue weighted by Gasteiger charge is 2.29. The van der Waals surface area contributed by atoms with Crippen LogP contribution in [0.2, 0.25) is 0 Å². The molecule has 0 radical (unpaired) electrons. The molecule has 1 fully saturated rings. The summed E-state index contributed by atoms with van der Waals surface area (Å²) in [6, 6.07) is 19.5. The first-order valence-corrected chi connectivity index (χ1v) is 13.3. The number of carbonyl (C=O) groups excluding carboxylic acids is 1. The van der Waals surface area contributed by atoms with Crippen LogP contribution < -0.4 is 5.32 Å². The van der Waals surface area contributed by atoms with Gasteiger partial charge in [0.2, 0.25) is 5.91 Å². The summed E-state index contributed by atoms with van der Waals surface area (Å²) in [6.07, 6.45) is 1.25. The van der Waals surface area contributed by atoms with Crippen molar-refractivity contribution in [3.05, 3.63) is 77.6 Å². The molecular weight excluding hydrogens is 444 g/mol. The van der Waals surface area contributed by atoms with E-state index >= 15 is 0 Å². The Morgan fingerprint density at radius 1 is 1.09 bits per heavy atom. The summed E-state index contributed by atoms with van der Waals surface area (Å²) >= 11 is 1.33. The molecule has 0 spiro atoms. The van der Waals surface area contributed by atoms with Gasteiger partial charge < -0.3 is 9.88 Å². The molecule has 7 nitrogen and oxygen atoms in total. The average Bonchev–Trinajstić information content (AvgIpc) is 3.33. The summed E-state index contributed by atoms with van der Waals surface area (Å²) in [5.74, 6) is 1.41. The molecule has 0 bridgehead atoms. The Kier molecular flexibility index (Phi) is 6.95. The van der Waals surface area contributed by atoms with Gasteiger partial charge in [0.1, 0.15) is 5.82 Å². The molecule has 0 aliphatic carbocycles. The largest absolute Gasteiger partial charge is 0.344 e. The zero-order chi connectivity index (χ0) is 22.6. The molecular formula is C23H26N4O3S2. The minimum atomic E-state index is -2.92. The molecule has 4 rings (SSSR count). The highest BCUT2D eigenvalue weighted by atomic mass is 32.2. The predicted octanol–water partition coefficient (Wildman–Crippen LogP) is 2.79. The number of nitrogens with one attached hydrogen (secondary N) is 1. The van der Waals surface area contributed by atoms with Crippen LogP contribution in [0.3, 0.4) is 0 Å². The fraction of sp³-hybridized carbons (Fsp3) is 0.348. The highest BCUT2D eigenvalue weighted by Crippen LogP contribution is 2.25. The monoisotopic (exact) mass is 470 g/mol. The smallest absolute Gasteiger partial charge is 0.231 e. The Morgan fingerprint density at radius 2 is 1.72 bits per heavy atom. The number of rotatable bonds is 8. The first-order valence-electron chi connectivity index (χ1n) is 10.5. The zero-order valence-electron chi connectivity index (χ0n) is 17.8. The van der Waals surface area contributed by atoms with Gasteiger partial charge in [0.05, 0.1) is 23.3 Å². The van der Waals surface area contributed by atoms with E-state index in [0.29, 0.717) is 18.0 Å². The van der Waals surface area contributed by atoms with Crippen molar-refractivity contribution >= 4 is 27.5 Å². The summed E-state index contributed by atoms with van der Waals surface area (Å²) in [7, 11) is -1.06. The van der Waals surface area contributed by atoms with Crippen LogP contribution in [0.25, 0.3) is 0 Å². The number of nitrogens with zero attached hydrogens (tertiary/aromatic N) is 3. The van der Waals surface area contributed by atoms with E-state index in [2.05, 4.69) is 15.5 Å². The lowest BCUT2D eigenvalue weighted by atomic mass is 9.99. The van der Waals surface area contributed by atoms with Crippen molar-refractivity contribution in [3.8, 4) is 0 Å². The van der Waals surface area contributed by atoms with Gasteiger partial charge in [-0.2, -0.15) is 0 Å². The molecule has 1 aromatic heterocycles. The molecule has 1 aliphatic heterocycles. The molecule has 9 heteroatoms. The second-order valence-corrected chi connectivity index (χ2v) is 11.2. The minimum absolute atomic E-state index is 0.0848. The Bertz CT molecular complexity index is 1120. The molecule has 0 unspecified atom stereocenters. The van der Waals surface area contributed by atoms with E-state index < -0.39 is 9.84 Å². The topological polar surface area (TPSA) is 93.9 Å². The summed E-state index contributed by atoms with van der Waals surface area (Å²) < 4.78 is 25.3. The minimum Gasteiger partial charge on any atom is -0.344 e. The van der Waals surface area contributed by atoms with Crippen LogP contribution in [-0.4, -0.2) is 46.3 Å². The molecule has 2 aromatic carbocycles. The molecule has 1 N–H and O–H groups in total. The first kappa shape index (κ1) is 22.5. The molecule has 1 amide bonds. The number of hydrogen-bond acceptors (Lipinski definition) is 6. The lowest BCUT2D eigenvalue weighted by Gasteiger charge is -2.19. The van der Waals surface area contributed by atoms with Gasteiger partial charge in [-0.15, -0.1) is 10.2 Å². The molecule has 1 saturated heterocycles. The van der Waals surface area contributed by atoms with E-state index in [-0.39, 0.29) is 35.1 Å². The third-order valence-electron chi connectivity index (χ3n) is 5.63. The number of amides is 1. The molecule has 1 aliphatic rings. The van der Waals surface area contributed by atoms with Crippen molar-refractivity contribution in [1.29, 1.82) is 0 Å². The number of hydrogen-bond donors (Lipinski definition) is 1. The van der Waals surface area contributed by atoms with E-state index in [4.69, 9.17) is 0 Å². The van der Waals surface area contributed by atoms with Crippen molar-refractivity contribution in [2.45, 2.75) is 24.0 Å². The number of benzene rings is 2. The molecule has 0 saturated carbocycles. The maximum Gasteiger partial charge on any atom is 0.231 e. The fourth-order valence-electron chi connectivity index (χ4n) is 3.92. The quantitative estimate of drug-likeness (QED) is 0.509. The highest BCUT2D eigenvalue weighted by molar-refractivity contribution is 7.99. The van der Waals surface area contributed by atoms with Crippen LogP contribution >= 0.6 is 11.8 Å². The molecule has 2 heterocycles. The second kappa shape index (κ2) is 9.87. The molecule has 32 heavy (non-hydrogen) atoms. The summed E-state index contributed by atoms with van der Waals surface area (Å²) in [5.41, 5.74) is 2.04. The van der Waals surface area contributed by atoms with Gasteiger partial charge in [-0.1, -0.05) is 72.4 Å². The van der Waals surface area contributed by atoms with Crippen molar-refractivity contribution in [2.24, 2.45) is 13.0 Å². The molecule has 3 aromatic rings. The lowest BCUT2D eigenvalue weighted by molar-refractivity contribution is -0.119. The summed E-state index contributed by atoms with van der Waals surface area (Å²) in [6.45, 7) is 0. The van der Waals surface area contributed by atoms with E-state index in [0.717, 1.165) is 17.0 Å². The van der Waals surface area contributed by atoms with Gasteiger partial charge in [-0.05, 0) is 23.5 Å². The number of thioether (sulfide) groups is 1. The van der Waals surface area contributed by atoms with Crippen LogP contribution in [0.15, 0.2) is 65.8 Å². The number of sulfone groups is 1. The Balaban J connectivity index is 1.38. The standard InChI is InChI=1S/C23H26N4O3S2/c1-27-20(14-17-12-13-32(29,30)16-17)25-26-23(27)31-15-21(28)24-22(18-8-4-2-5-9-18)19-10-6-3-7-11-19/h2-11,17,22H,12-16H2,1H3,(H,24,28)/t17-/m0/s1. The van der Waals surface area contributed by atoms with Crippen LogP contribution in [0.4, 0.5) is 0 Å². The number of carbonyl (C=O) groups is 1. The van der Waals surface area contributed by atoms with Crippen LogP contribution in [0.1, 0.15) is 29.4 Å². The third-order valence-corrected chi connectivity index (χ3v) is 8.48. The zero-order valence-corrected chi connectivity index (χ0v) is 19.5. The molecule has 168 valence electrons. The Morgan fingerprint density at radius 3 is 2.28 bits per heavy atom. The van der Waals surface area contributed by atoms with Gasteiger partial charge in [-0.25, -0.2) is 8.42 Å². The van der Waals surface area contributed by atoms with E-state index in [1.54, 1.807) is 0 Å². The van der Waals surface area contributed by atoms with E-state index in [9.17, 15) is 13.2 Å².